The van der Waals surface area contributed by atoms with Crippen LogP contribution in [0.3, 0.4) is 0 Å². The number of hydrogen-bond donors (Lipinski definition) is 0. The Bertz CT molecular complexity index is 988. The van der Waals surface area contributed by atoms with E-state index in [2.05, 4.69) is 27.8 Å². The van der Waals surface area contributed by atoms with Crippen molar-refractivity contribution in [2.75, 3.05) is 7.11 Å². The van der Waals surface area contributed by atoms with Gasteiger partial charge in [0.1, 0.15) is 11.3 Å². The lowest BCUT2D eigenvalue weighted by Gasteiger charge is -2.07. The zero-order valence-electron chi connectivity index (χ0n) is 13.7. The smallest absolute Gasteiger partial charge is 0.280 e. The van der Waals surface area contributed by atoms with Crippen LogP contribution in [0.15, 0.2) is 45.9 Å². The summed E-state index contributed by atoms with van der Waals surface area (Å²) in [6, 6.07) is 11.3. The van der Waals surface area contributed by atoms with E-state index < -0.39 is 0 Å². The number of fused-ring (bicyclic) bond motifs is 1. The van der Waals surface area contributed by atoms with Gasteiger partial charge in [-0.2, -0.15) is 4.99 Å². The molecule has 0 radical (unpaired) electrons. The fraction of sp³-hybridized carbons (Fsp3) is 0.222. The molecule has 6 heteroatoms. The molecule has 0 N–H and O–H groups in total. The second-order valence-corrected chi connectivity index (χ2v) is 7.12. The molecule has 3 aromatic rings. The van der Waals surface area contributed by atoms with Crippen molar-refractivity contribution in [1.29, 1.82) is 0 Å². The Morgan fingerprint density at radius 3 is 2.71 bits per heavy atom. The average molecular weight is 405 g/mol. The van der Waals surface area contributed by atoms with Gasteiger partial charge in [-0.15, -0.1) is 0 Å². The predicted octanol–water partition coefficient (Wildman–Crippen LogP) is 4.54. The molecule has 0 aliphatic carbocycles. The monoisotopic (exact) mass is 404 g/mol. The normalized spacial score (nSPS) is 11.9. The second kappa shape index (κ2) is 6.91. The molecule has 0 atom stereocenters. The Morgan fingerprint density at radius 2 is 2.04 bits per heavy atom. The van der Waals surface area contributed by atoms with E-state index >= 15 is 0 Å². The van der Waals surface area contributed by atoms with Gasteiger partial charge in [-0.1, -0.05) is 29.5 Å². The first-order valence-electron chi connectivity index (χ1n) is 7.57. The maximum absolute atomic E-state index is 12.6. The summed E-state index contributed by atoms with van der Waals surface area (Å²) < 4.78 is 9.37. The lowest BCUT2D eigenvalue weighted by atomic mass is 10.2. The van der Waals surface area contributed by atoms with Crippen molar-refractivity contribution in [1.82, 2.24) is 4.57 Å². The largest absolute Gasteiger partial charge is 0.495 e. The van der Waals surface area contributed by atoms with Gasteiger partial charge in [-0.3, -0.25) is 4.79 Å². The van der Waals surface area contributed by atoms with Gasteiger partial charge in [-0.25, -0.2) is 0 Å². The molecule has 24 heavy (non-hydrogen) atoms. The minimum Gasteiger partial charge on any atom is -0.495 e. The Morgan fingerprint density at radius 1 is 1.29 bits per heavy atom. The minimum atomic E-state index is -0.257. The summed E-state index contributed by atoms with van der Waals surface area (Å²) in [6.07, 6.45) is 0. The third-order valence-corrected chi connectivity index (χ3v) is 5.73. The van der Waals surface area contributed by atoms with Gasteiger partial charge in [0.25, 0.3) is 5.91 Å². The number of ether oxygens (including phenoxy) is 1. The number of aryl methyl sites for hydroxylation is 2. The van der Waals surface area contributed by atoms with E-state index in [1.165, 1.54) is 11.3 Å². The third kappa shape index (κ3) is 2.91. The van der Waals surface area contributed by atoms with Crippen molar-refractivity contribution in [3.8, 4) is 5.75 Å². The van der Waals surface area contributed by atoms with E-state index in [0.29, 0.717) is 16.9 Å². The van der Waals surface area contributed by atoms with Crippen LogP contribution in [0.2, 0.25) is 0 Å². The van der Waals surface area contributed by atoms with Gasteiger partial charge >= 0.3 is 0 Å². The van der Waals surface area contributed by atoms with E-state index in [-0.39, 0.29) is 5.91 Å². The fourth-order valence-electron chi connectivity index (χ4n) is 2.60. The third-order valence-electron chi connectivity index (χ3n) is 3.82. The number of thiazole rings is 1. The number of carbonyl (C=O) groups is 1. The van der Waals surface area contributed by atoms with Gasteiger partial charge in [0.15, 0.2) is 4.80 Å². The Balaban J connectivity index is 2.25. The van der Waals surface area contributed by atoms with Crippen LogP contribution in [0.1, 0.15) is 22.8 Å². The number of methoxy groups -OCH3 is 1. The number of rotatable bonds is 3. The molecule has 0 aliphatic heterocycles. The van der Waals surface area contributed by atoms with Gasteiger partial charge < -0.3 is 9.30 Å². The molecular formula is C18H17BrN2O2S. The fourth-order valence-corrected chi connectivity index (χ4v) is 4.24. The van der Waals surface area contributed by atoms with Crippen LogP contribution in [0.5, 0.6) is 5.75 Å². The highest BCUT2D eigenvalue weighted by Crippen LogP contribution is 2.30. The molecule has 1 aromatic heterocycles. The van der Waals surface area contributed by atoms with E-state index in [0.717, 1.165) is 26.0 Å². The van der Waals surface area contributed by atoms with Crippen LogP contribution in [-0.4, -0.2) is 17.6 Å². The first-order valence-corrected chi connectivity index (χ1v) is 9.18. The molecule has 1 amide bonds. The number of aromatic nitrogens is 1. The maximum atomic E-state index is 12.6. The number of hydrogen-bond acceptors (Lipinski definition) is 3. The Hall–Kier alpha value is -1.92. The van der Waals surface area contributed by atoms with Crippen molar-refractivity contribution in [3.63, 3.8) is 0 Å². The van der Waals surface area contributed by atoms with E-state index in [1.54, 1.807) is 13.2 Å². The molecule has 2 aromatic carbocycles. The van der Waals surface area contributed by atoms with Crippen LogP contribution in [0.4, 0.5) is 0 Å². The number of halogens is 1. The molecule has 0 spiro atoms. The molecule has 0 bridgehead atoms. The van der Waals surface area contributed by atoms with Crippen molar-refractivity contribution >= 4 is 43.4 Å². The Labute approximate surface area is 152 Å². The summed E-state index contributed by atoms with van der Waals surface area (Å²) in [4.78, 5) is 17.6. The number of carbonyl (C=O) groups excluding carboxylic acids is 1. The van der Waals surface area contributed by atoms with Crippen molar-refractivity contribution in [2.24, 2.45) is 4.99 Å². The van der Waals surface area contributed by atoms with Gasteiger partial charge in [0.05, 0.1) is 17.4 Å². The van der Waals surface area contributed by atoms with E-state index in [9.17, 15) is 4.79 Å². The minimum absolute atomic E-state index is 0.257. The lowest BCUT2D eigenvalue weighted by Crippen LogP contribution is -2.16. The summed E-state index contributed by atoms with van der Waals surface area (Å²) in [7, 11) is 1.66. The molecular weight excluding hydrogens is 388 g/mol. The summed E-state index contributed by atoms with van der Waals surface area (Å²) in [5, 5.41) is 0. The molecule has 1 heterocycles. The highest BCUT2D eigenvalue weighted by molar-refractivity contribution is 9.10. The van der Waals surface area contributed by atoms with Crippen molar-refractivity contribution in [3.05, 3.63) is 56.8 Å². The number of amides is 1. The first kappa shape index (κ1) is 16.9. The van der Waals surface area contributed by atoms with Crippen molar-refractivity contribution < 1.29 is 9.53 Å². The van der Waals surface area contributed by atoms with Crippen LogP contribution in [0.25, 0.3) is 10.2 Å². The molecule has 0 fully saturated rings. The molecule has 0 saturated carbocycles. The average Bonchev–Trinajstić information content (AvgIpc) is 2.94. The predicted molar refractivity (Wildman–Crippen MR) is 101 cm³/mol. The highest BCUT2D eigenvalue weighted by Gasteiger charge is 2.14. The zero-order chi connectivity index (χ0) is 17.3. The van der Waals surface area contributed by atoms with Crippen LogP contribution in [-0.2, 0) is 6.54 Å². The molecule has 4 nitrogen and oxygen atoms in total. The quantitative estimate of drug-likeness (QED) is 0.642. The van der Waals surface area contributed by atoms with E-state index in [1.807, 2.05) is 41.8 Å². The zero-order valence-corrected chi connectivity index (χ0v) is 16.1. The molecule has 0 saturated heterocycles. The summed E-state index contributed by atoms with van der Waals surface area (Å²) in [6.45, 7) is 4.80. The summed E-state index contributed by atoms with van der Waals surface area (Å²) in [5.41, 5.74) is 2.69. The van der Waals surface area contributed by atoms with Crippen LogP contribution in [0, 0.1) is 6.92 Å². The highest BCUT2D eigenvalue weighted by atomic mass is 79.9. The molecule has 124 valence electrons. The van der Waals surface area contributed by atoms with Crippen molar-refractivity contribution in [2.45, 2.75) is 20.4 Å². The molecule has 0 unspecified atom stereocenters. The maximum Gasteiger partial charge on any atom is 0.280 e. The summed E-state index contributed by atoms with van der Waals surface area (Å²) >= 11 is 4.92. The van der Waals surface area contributed by atoms with E-state index in [4.69, 9.17) is 4.74 Å². The van der Waals surface area contributed by atoms with Crippen LogP contribution >= 0.6 is 27.3 Å². The second-order valence-electron chi connectivity index (χ2n) is 5.29. The SMILES string of the molecule is CCn1c(=NC(=O)c2ccccc2Br)sc2c(C)ccc(OC)c21. The summed E-state index contributed by atoms with van der Waals surface area (Å²) in [5.74, 6) is 0.538. The standard InChI is InChI=1S/C18H17BrN2O2S/c1-4-21-15-14(23-3)10-9-11(2)16(15)24-18(21)20-17(22)12-7-5-6-8-13(12)19/h5-10H,4H2,1-3H3. The first-order chi connectivity index (χ1) is 11.6. The number of nitrogens with zero attached hydrogens (tertiary/aromatic N) is 2. The van der Waals surface area contributed by atoms with Crippen LogP contribution < -0.4 is 9.54 Å². The number of benzene rings is 2. The van der Waals surface area contributed by atoms with Gasteiger partial charge in [-0.05, 0) is 53.5 Å². The van der Waals surface area contributed by atoms with Gasteiger partial charge in [0.2, 0.25) is 0 Å². The van der Waals surface area contributed by atoms with Gasteiger partial charge in [0, 0.05) is 11.0 Å². The lowest BCUT2D eigenvalue weighted by molar-refractivity contribution is 0.0997. The molecule has 3 rings (SSSR count). The topological polar surface area (TPSA) is 43.6 Å². The Kier molecular flexibility index (Phi) is 4.87. The molecule has 0 aliphatic rings.